The van der Waals surface area contributed by atoms with Gasteiger partial charge in [-0.05, 0) is 70.4 Å². The van der Waals surface area contributed by atoms with Gasteiger partial charge < -0.3 is 9.64 Å². The van der Waals surface area contributed by atoms with E-state index < -0.39 is 0 Å². The van der Waals surface area contributed by atoms with Crippen molar-refractivity contribution in [3.8, 4) is 5.88 Å². The Labute approximate surface area is 148 Å². The molecule has 5 heteroatoms. The molecule has 0 amide bonds. The van der Waals surface area contributed by atoms with Crippen molar-refractivity contribution >= 4 is 17.1 Å². The molecule has 0 bridgehead atoms. The first-order valence-corrected chi connectivity index (χ1v) is 9.30. The number of carbonyl (C=O) groups excluding carboxylic acids is 1. The summed E-state index contributed by atoms with van der Waals surface area (Å²) in [7, 11) is 4.19. The number of pyridine rings is 1. The van der Waals surface area contributed by atoms with Gasteiger partial charge >= 0.3 is 0 Å². The third-order valence-corrected chi connectivity index (χ3v) is 4.66. The molecule has 1 atom stereocenters. The molecule has 2 aromatic heterocycles. The first-order valence-electron chi connectivity index (χ1n) is 8.42. The van der Waals surface area contributed by atoms with Gasteiger partial charge in [0.05, 0.1) is 16.5 Å². The van der Waals surface area contributed by atoms with Crippen LogP contribution in [0.3, 0.4) is 0 Å². The van der Waals surface area contributed by atoms with Gasteiger partial charge in [0.2, 0.25) is 11.7 Å². The second-order valence-corrected chi connectivity index (χ2v) is 7.19. The van der Waals surface area contributed by atoms with Gasteiger partial charge in [0.15, 0.2) is 0 Å². The van der Waals surface area contributed by atoms with Gasteiger partial charge in [-0.25, -0.2) is 4.98 Å². The van der Waals surface area contributed by atoms with Crippen LogP contribution in [0.5, 0.6) is 5.88 Å². The summed E-state index contributed by atoms with van der Waals surface area (Å²) in [5, 5.41) is 1.90. The molecule has 0 aromatic carbocycles. The fraction of sp³-hybridized carbons (Fsp3) is 0.474. The highest BCUT2D eigenvalue weighted by Gasteiger charge is 2.18. The molecule has 130 valence electrons. The van der Waals surface area contributed by atoms with Crippen molar-refractivity contribution < 1.29 is 9.53 Å². The van der Waals surface area contributed by atoms with Crippen LogP contribution in [0.15, 0.2) is 35.8 Å². The number of hydrogen-bond acceptors (Lipinski definition) is 5. The Morgan fingerprint density at radius 3 is 2.79 bits per heavy atom. The summed E-state index contributed by atoms with van der Waals surface area (Å²) in [5.74, 6) is 0.419. The maximum absolute atomic E-state index is 12.6. The van der Waals surface area contributed by atoms with Gasteiger partial charge in [-0.3, -0.25) is 4.79 Å². The molecule has 0 saturated carbocycles. The van der Waals surface area contributed by atoms with E-state index in [4.69, 9.17) is 4.74 Å². The average Bonchev–Trinajstić information content (AvgIpc) is 3.08. The van der Waals surface area contributed by atoms with E-state index in [2.05, 4.69) is 24.0 Å². The smallest absolute Gasteiger partial charge is 0.225 e. The predicted octanol–water partition coefficient (Wildman–Crippen LogP) is 4.26. The highest BCUT2D eigenvalue weighted by molar-refractivity contribution is 7.12. The van der Waals surface area contributed by atoms with Crippen LogP contribution in [0.4, 0.5) is 0 Å². The molecule has 24 heavy (non-hydrogen) atoms. The van der Waals surface area contributed by atoms with E-state index in [0.29, 0.717) is 16.3 Å². The van der Waals surface area contributed by atoms with Gasteiger partial charge in [0.1, 0.15) is 0 Å². The van der Waals surface area contributed by atoms with E-state index in [9.17, 15) is 4.79 Å². The Balaban J connectivity index is 1.89. The summed E-state index contributed by atoms with van der Waals surface area (Å²) in [4.78, 5) is 19.7. The maximum atomic E-state index is 12.6. The van der Waals surface area contributed by atoms with Crippen molar-refractivity contribution in [3.05, 3.63) is 46.3 Å². The summed E-state index contributed by atoms with van der Waals surface area (Å²) in [5.41, 5.74) is 0.541. The first-order chi connectivity index (χ1) is 11.6. The molecule has 2 rings (SSSR count). The van der Waals surface area contributed by atoms with Crippen LogP contribution in [0.2, 0.25) is 0 Å². The van der Waals surface area contributed by atoms with Gasteiger partial charge in [-0.2, -0.15) is 0 Å². The number of unbranched alkanes of at least 4 members (excludes halogenated alkanes) is 2. The molecule has 0 saturated heterocycles. The quantitative estimate of drug-likeness (QED) is 0.476. The molecule has 0 aliphatic carbocycles. The molecule has 0 fully saturated rings. The van der Waals surface area contributed by atoms with Crippen LogP contribution in [-0.4, -0.2) is 42.4 Å². The Bertz CT molecular complexity index is 626. The summed E-state index contributed by atoms with van der Waals surface area (Å²) in [6.45, 7) is 3.16. The van der Waals surface area contributed by atoms with Gasteiger partial charge in [0.25, 0.3) is 0 Å². The monoisotopic (exact) mass is 346 g/mol. The molecule has 0 spiro atoms. The van der Waals surface area contributed by atoms with Crippen molar-refractivity contribution in [1.82, 2.24) is 9.88 Å². The third kappa shape index (κ3) is 5.73. The number of thiophene rings is 1. The lowest BCUT2D eigenvalue weighted by Crippen LogP contribution is -2.16. The molecule has 4 nitrogen and oxygen atoms in total. The van der Waals surface area contributed by atoms with Crippen molar-refractivity contribution in [2.75, 3.05) is 20.6 Å². The number of ketones is 1. The van der Waals surface area contributed by atoms with E-state index >= 15 is 0 Å². The molecule has 0 radical (unpaired) electrons. The zero-order valence-corrected chi connectivity index (χ0v) is 15.5. The van der Waals surface area contributed by atoms with Gasteiger partial charge in [-0.15, -0.1) is 11.3 Å². The minimum Gasteiger partial charge on any atom is -0.474 e. The molecule has 1 unspecified atom stereocenters. The fourth-order valence-electron chi connectivity index (χ4n) is 2.48. The topological polar surface area (TPSA) is 42.4 Å². The van der Waals surface area contributed by atoms with Crippen molar-refractivity contribution in [2.45, 2.75) is 38.7 Å². The highest BCUT2D eigenvalue weighted by atomic mass is 32.1. The minimum absolute atomic E-state index is 0.0220. The second-order valence-electron chi connectivity index (χ2n) is 6.24. The molecule has 0 N–H and O–H groups in total. The van der Waals surface area contributed by atoms with E-state index in [0.717, 1.165) is 19.4 Å². The van der Waals surface area contributed by atoms with Crippen molar-refractivity contribution in [2.24, 2.45) is 0 Å². The van der Waals surface area contributed by atoms with Crippen molar-refractivity contribution in [3.63, 3.8) is 0 Å². The zero-order chi connectivity index (χ0) is 17.4. The van der Waals surface area contributed by atoms with E-state index in [1.807, 2.05) is 24.4 Å². The number of aromatic nitrogens is 1. The van der Waals surface area contributed by atoms with E-state index in [-0.39, 0.29) is 11.9 Å². The lowest BCUT2D eigenvalue weighted by molar-refractivity contribution is 0.103. The number of hydrogen-bond donors (Lipinski definition) is 0. The molecular weight excluding hydrogens is 320 g/mol. The SMILES string of the molecule is CC(CCCCCN(C)C)Oc1ncccc1C(=O)c1cccs1. The largest absolute Gasteiger partial charge is 0.474 e. The maximum Gasteiger partial charge on any atom is 0.225 e. The fourth-order valence-corrected chi connectivity index (χ4v) is 3.16. The number of carbonyl (C=O) groups is 1. The van der Waals surface area contributed by atoms with Crippen molar-refractivity contribution in [1.29, 1.82) is 0 Å². The van der Waals surface area contributed by atoms with Crippen LogP contribution < -0.4 is 4.74 Å². The van der Waals surface area contributed by atoms with E-state index in [1.54, 1.807) is 18.3 Å². The summed E-state index contributed by atoms with van der Waals surface area (Å²) in [6.07, 6.45) is 6.20. The lowest BCUT2D eigenvalue weighted by atomic mass is 10.1. The normalized spacial score (nSPS) is 12.3. The predicted molar refractivity (Wildman–Crippen MR) is 99.1 cm³/mol. The summed E-state index contributed by atoms with van der Waals surface area (Å²) < 4.78 is 5.95. The lowest BCUT2D eigenvalue weighted by Gasteiger charge is -2.16. The molecule has 0 aliphatic heterocycles. The Hall–Kier alpha value is -1.72. The van der Waals surface area contributed by atoms with Crippen LogP contribution in [0.25, 0.3) is 0 Å². The number of rotatable bonds is 10. The Kier molecular flexibility index (Phi) is 7.40. The third-order valence-electron chi connectivity index (χ3n) is 3.79. The molecular formula is C19H26N2O2S. The molecule has 0 aliphatic rings. The molecule has 2 heterocycles. The summed E-state index contributed by atoms with van der Waals surface area (Å²) in [6, 6.07) is 7.27. The van der Waals surface area contributed by atoms with Crippen LogP contribution in [0, 0.1) is 0 Å². The Morgan fingerprint density at radius 2 is 2.08 bits per heavy atom. The summed E-state index contributed by atoms with van der Waals surface area (Å²) >= 11 is 1.44. The minimum atomic E-state index is -0.0220. The van der Waals surface area contributed by atoms with Gasteiger partial charge in [-0.1, -0.05) is 12.5 Å². The van der Waals surface area contributed by atoms with Crippen LogP contribution in [0.1, 0.15) is 47.8 Å². The first kappa shape index (κ1) is 18.6. The average molecular weight is 346 g/mol. The van der Waals surface area contributed by atoms with Crippen LogP contribution >= 0.6 is 11.3 Å². The highest BCUT2D eigenvalue weighted by Crippen LogP contribution is 2.23. The molecule has 2 aromatic rings. The Morgan fingerprint density at radius 1 is 1.25 bits per heavy atom. The zero-order valence-electron chi connectivity index (χ0n) is 14.7. The standard InChI is InChI=1S/C19H26N2O2S/c1-15(9-5-4-6-13-21(2)3)23-19-16(10-7-12-20-19)18(22)17-11-8-14-24-17/h7-8,10-12,14-15H,4-6,9,13H2,1-3H3. The van der Waals surface area contributed by atoms with Crippen LogP contribution in [-0.2, 0) is 0 Å². The van der Waals surface area contributed by atoms with Gasteiger partial charge in [0, 0.05) is 6.20 Å². The number of nitrogens with zero attached hydrogens (tertiary/aromatic N) is 2. The van der Waals surface area contributed by atoms with E-state index in [1.165, 1.54) is 24.2 Å². The number of ether oxygens (including phenoxy) is 1. The second kappa shape index (κ2) is 9.55.